The van der Waals surface area contributed by atoms with Gasteiger partial charge < -0.3 is 9.16 Å². The fourth-order valence-corrected chi connectivity index (χ4v) is 4.54. The van der Waals surface area contributed by atoms with Crippen LogP contribution >= 0.6 is 0 Å². The van der Waals surface area contributed by atoms with Crippen LogP contribution in [0.1, 0.15) is 37.5 Å². The Morgan fingerprint density at radius 1 is 0.767 bits per heavy atom. The third kappa shape index (κ3) is 3.70. The molecule has 1 atom stereocenters. The van der Waals surface area contributed by atoms with Crippen molar-refractivity contribution in [2.45, 2.75) is 44.5 Å². The highest BCUT2D eigenvalue weighted by atomic mass is 28.4. The van der Waals surface area contributed by atoms with E-state index in [2.05, 4.69) is 101 Å². The Kier molecular flexibility index (Phi) is 5.11. The van der Waals surface area contributed by atoms with Crippen molar-refractivity contribution in [3.8, 4) is 11.5 Å². The molecular weight excluding hydrogens is 384 g/mol. The molecule has 3 heteroatoms. The van der Waals surface area contributed by atoms with Gasteiger partial charge in [0.05, 0.1) is 0 Å². The standard InChI is InChI=1S/C27H30O2Si/c1-26(2,3)30(4,5)29-24-17-15-23(16-18-24)27(22-12-7-6-8-13-22)20-19-21-11-9-10-14-25(21)28-27/h6-20H,1-5H3. The van der Waals surface area contributed by atoms with Crippen LogP contribution in [-0.4, -0.2) is 8.32 Å². The second-order valence-corrected chi connectivity index (χ2v) is 14.2. The lowest BCUT2D eigenvalue weighted by atomic mass is 9.83. The minimum absolute atomic E-state index is 0.163. The monoisotopic (exact) mass is 414 g/mol. The summed E-state index contributed by atoms with van der Waals surface area (Å²) < 4.78 is 13.2. The molecule has 1 aliphatic heterocycles. The molecule has 154 valence electrons. The zero-order valence-electron chi connectivity index (χ0n) is 18.5. The summed E-state index contributed by atoms with van der Waals surface area (Å²) in [4.78, 5) is 0. The van der Waals surface area contributed by atoms with Gasteiger partial charge in [-0.25, -0.2) is 0 Å². The van der Waals surface area contributed by atoms with Crippen LogP contribution in [-0.2, 0) is 5.60 Å². The van der Waals surface area contributed by atoms with E-state index < -0.39 is 13.9 Å². The van der Waals surface area contributed by atoms with Gasteiger partial charge in [0.25, 0.3) is 0 Å². The lowest BCUT2D eigenvalue weighted by Crippen LogP contribution is -2.43. The van der Waals surface area contributed by atoms with Gasteiger partial charge in [0.1, 0.15) is 11.5 Å². The van der Waals surface area contributed by atoms with Crippen LogP contribution in [0.5, 0.6) is 11.5 Å². The van der Waals surface area contributed by atoms with E-state index in [1.807, 2.05) is 24.3 Å². The van der Waals surface area contributed by atoms with E-state index in [1.54, 1.807) is 0 Å². The zero-order valence-corrected chi connectivity index (χ0v) is 19.5. The Morgan fingerprint density at radius 2 is 1.37 bits per heavy atom. The van der Waals surface area contributed by atoms with Gasteiger partial charge in [-0.3, -0.25) is 0 Å². The van der Waals surface area contributed by atoms with E-state index in [0.717, 1.165) is 28.2 Å². The first-order chi connectivity index (χ1) is 14.2. The highest BCUT2D eigenvalue weighted by Gasteiger charge is 2.40. The van der Waals surface area contributed by atoms with Crippen LogP contribution in [0.15, 0.2) is 84.9 Å². The number of ether oxygens (including phenoxy) is 1. The molecule has 4 rings (SSSR count). The second-order valence-electron chi connectivity index (χ2n) is 9.46. The van der Waals surface area contributed by atoms with Crippen LogP contribution in [0, 0.1) is 0 Å². The van der Waals surface area contributed by atoms with Crippen LogP contribution in [0.3, 0.4) is 0 Å². The Hall–Kier alpha value is -2.78. The first-order valence-corrected chi connectivity index (χ1v) is 13.4. The molecule has 0 fully saturated rings. The SMILES string of the molecule is CC(C)(C)[Si](C)(C)Oc1ccc(C2(c3ccccc3)C=Cc3ccccc3O2)cc1. The number of fused-ring (bicyclic) bond motifs is 1. The van der Waals surface area contributed by atoms with Crippen molar-refractivity contribution in [2.24, 2.45) is 0 Å². The van der Waals surface area contributed by atoms with Gasteiger partial charge in [0, 0.05) is 16.7 Å². The second kappa shape index (κ2) is 7.48. The summed E-state index contributed by atoms with van der Waals surface area (Å²) in [6, 6.07) is 27.0. The van der Waals surface area contributed by atoms with E-state index in [4.69, 9.17) is 9.16 Å². The van der Waals surface area contributed by atoms with Gasteiger partial charge >= 0.3 is 0 Å². The molecule has 0 saturated carbocycles. The Morgan fingerprint density at radius 3 is 2.03 bits per heavy atom. The summed E-state index contributed by atoms with van der Waals surface area (Å²) in [7, 11) is -1.88. The number of rotatable bonds is 4. The predicted octanol–water partition coefficient (Wildman–Crippen LogP) is 7.42. The van der Waals surface area contributed by atoms with Gasteiger partial charge in [-0.15, -0.1) is 0 Å². The molecule has 30 heavy (non-hydrogen) atoms. The van der Waals surface area contributed by atoms with Gasteiger partial charge in [-0.1, -0.05) is 87.5 Å². The van der Waals surface area contributed by atoms with Crippen LogP contribution < -0.4 is 9.16 Å². The van der Waals surface area contributed by atoms with Crippen LogP contribution in [0.4, 0.5) is 0 Å². The molecule has 0 radical (unpaired) electrons. The van der Waals surface area contributed by atoms with Crippen molar-refractivity contribution in [1.29, 1.82) is 0 Å². The van der Waals surface area contributed by atoms with Crippen molar-refractivity contribution in [1.82, 2.24) is 0 Å². The number of para-hydroxylation sites is 1. The Bertz CT molecular complexity index is 1050. The van der Waals surface area contributed by atoms with Gasteiger partial charge in [0.2, 0.25) is 8.32 Å². The summed E-state index contributed by atoms with van der Waals surface area (Å²) in [5.74, 6) is 1.82. The number of hydrogen-bond acceptors (Lipinski definition) is 2. The zero-order chi connectivity index (χ0) is 21.4. The van der Waals surface area contributed by atoms with E-state index >= 15 is 0 Å². The molecule has 0 N–H and O–H groups in total. The van der Waals surface area contributed by atoms with Crippen molar-refractivity contribution < 1.29 is 9.16 Å². The van der Waals surface area contributed by atoms with E-state index in [1.165, 1.54) is 0 Å². The Labute approximate surface area is 181 Å². The van der Waals surface area contributed by atoms with Gasteiger partial charge in [-0.2, -0.15) is 0 Å². The smallest absolute Gasteiger partial charge is 0.250 e. The van der Waals surface area contributed by atoms with Crippen molar-refractivity contribution in [2.75, 3.05) is 0 Å². The number of hydrogen-bond donors (Lipinski definition) is 0. The molecule has 0 saturated heterocycles. The molecule has 0 amide bonds. The highest BCUT2D eigenvalue weighted by Crippen LogP contribution is 2.43. The lowest BCUT2D eigenvalue weighted by molar-refractivity contribution is 0.161. The molecule has 2 nitrogen and oxygen atoms in total. The maximum absolute atomic E-state index is 6.67. The summed E-state index contributed by atoms with van der Waals surface area (Å²) in [6.07, 6.45) is 4.32. The summed E-state index contributed by atoms with van der Waals surface area (Å²) in [5.41, 5.74) is 2.63. The fraction of sp³-hybridized carbons (Fsp3) is 0.259. The molecule has 0 bridgehead atoms. The summed E-state index contributed by atoms with van der Waals surface area (Å²) >= 11 is 0. The molecule has 0 aliphatic carbocycles. The van der Waals surface area contributed by atoms with Crippen molar-refractivity contribution in [3.05, 3.63) is 102 Å². The predicted molar refractivity (Wildman–Crippen MR) is 128 cm³/mol. The third-order valence-corrected chi connectivity index (χ3v) is 10.7. The first kappa shape index (κ1) is 20.5. The van der Waals surface area contributed by atoms with Crippen molar-refractivity contribution >= 4 is 14.4 Å². The molecule has 1 unspecified atom stereocenters. The molecule has 1 aliphatic rings. The maximum atomic E-state index is 6.67. The van der Waals surface area contributed by atoms with Crippen molar-refractivity contribution in [3.63, 3.8) is 0 Å². The van der Waals surface area contributed by atoms with E-state index in [-0.39, 0.29) is 5.04 Å². The molecule has 0 aromatic heterocycles. The average molecular weight is 415 g/mol. The van der Waals surface area contributed by atoms with Crippen LogP contribution in [0.2, 0.25) is 18.1 Å². The lowest BCUT2D eigenvalue weighted by Gasteiger charge is -2.37. The largest absolute Gasteiger partial charge is 0.544 e. The minimum atomic E-state index is -1.88. The number of benzene rings is 3. The summed E-state index contributed by atoms with van der Waals surface area (Å²) in [5, 5.41) is 0.163. The molecule has 0 spiro atoms. The molecule has 3 aromatic rings. The first-order valence-electron chi connectivity index (χ1n) is 10.5. The fourth-order valence-electron chi connectivity index (χ4n) is 3.51. The molecular formula is C27H30O2Si. The van der Waals surface area contributed by atoms with Gasteiger partial charge in [-0.05, 0) is 42.4 Å². The Balaban J connectivity index is 1.73. The normalized spacial score (nSPS) is 18.4. The average Bonchev–Trinajstić information content (AvgIpc) is 2.73. The topological polar surface area (TPSA) is 18.5 Å². The van der Waals surface area contributed by atoms with E-state index in [0.29, 0.717) is 0 Å². The maximum Gasteiger partial charge on any atom is 0.250 e. The molecule has 3 aromatic carbocycles. The summed E-state index contributed by atoms with van der Waals surface area (Å²) in [6.45, 7) is 11.3. The van der Waals surface area contributed by atoms with Crippen LogP contribution in [0.25, 0.3) is 6.08 Å². The highest BCUT2D eigenvalue weighted by molar-refractivity contribution is 6.74. The quantitative estimate of drug-likeness (QED) is 0.414. The van der Waals surface area contributed by atoms with E-state index in [9.17, 15) is 0 Å². The minimum Gasteiger partial charge on any atom is -0.544 e. The molecule has 1 heterocycles. The third-order valence-electron chi connectivity index (χ3n) is 6.35. The van der Waals surface area contributed by atoms with Gasteiger partial charge in [0.15, 0.2) is 5.60 Å².